The third kappa shape index (κ3) is 2.79. The van der Waals surface area contributed by atoms with E-state index in [0.29, 0.717) is 15.9 Å². The summed E-state index contributed by atoms with van der Waals surface area (Å²) in [6, 6.07) is 5.63. The fourth-order valence-electron chi connectivity index (χ4n) is 1.75. The Morgan fingerprint density at radius 3 is 2.86 bits per heavy atom. The number of hydrogen-bond acceptors (Lipinski definition) is 6. The highest BCUT2D eigenvalue weighted by Crippen LogP contribution is 2.26. The standard InChI is InChI=1S/C13H12N6OS/c1-20-7-2-3-8-9(4-7)19-13(18-8)21-11-6-16-10(5-17-11)12(14)15/h2-6H,1H3,(H3,14,15)(H,18,19). The van der Waals surface area contributed by atoms with Gasteiger partial charge in [0.15, 0.2) is 5.16 Å². The zero-order chi connectivity index (χ0) is 14.8. The van der Waals surface area contributed by atoms with Crippen molar-refractivity contribution >= 4 is 28.6 Å². The molecule has 7 nitrogen and oxygen atoms in total. The number of fused-ring (bicyclic) bond motifs is 1. The normalized spacial score (nSPS) is 10.7. The first-order chi connectivity index (χ1) is 10.2. The van der Waals surface area contributed by atoms with Crippen molar-refractivity contribution in [1.82, 2.24) is 19.9 Å². The van der Waals surface area contributed by atoms with Crippen LogP contribution in [0.15, 0.2) is 40.8 Å². The van der Waals surface area contributed by atoms with Crippen molar-refractivity contribution in [2.24, 2.45) is 5.73 Å². The third-order valence-corrected chi connectivity index (χ3v) is 3.58. The van der Waals surface area contributed by atoms with E-state index >= 15 is 0 Å². The molecule has 0 fully saturated rings. The quantitative estimate of drug-likeness (QED) is 0.500. The van der Waals surface area contributed by atoms with Crippen molar-refractivity contribution in [1.29, 1.82) is 5.41 Å². The Labute approximate surface area is 124 Å². The molecule has 0 amide bonds. The molecule has 0 bridgehead atoms. The van der Waals surface area contributed by atoms with E-state index in [-0.39, 0.29) is 5.84 Å². The van der Waals surface area contributed by atoms with E-state index in [4.69, 9.17) is 15.9 Å². The largest absolute Gasteiger partial charge is 0.497 e. The van der Waals surface area contributed by atoms with Crippen LogP contribution in [0.3, 0.4) is 0 Å². The summed E-state index contributed by atoms with van der Waals surface area (Å²) in [5.74, 6) is 0.670. The maximum Gasteiger partial charge on any atom is 0.172 e. The van der Waals surface area contributed by atoms with Gasteiger partial charge in [0.25, 0.3) is 0 Å². The molecule has 0 aliphatic carbocycles. The summed E-state index contributed by atoms with van der Waals surface area (Å²) in [6.45, 7) is 0. The number of amidine groups is 1. The minimum absolute atomic E-state index is 0.102. The number of ether oxygens (including phenoxy) is 1. The van der Waals surface area contributed by atoms with E-state index in [1.165, 1.54) is 18.0 Å². The molecule has 0 radical (unpaired) electrons. The summed E-state index contributed by atoms with van der Waals surface area (Å²) in [6.07, 6.45) is 3.03. The summed E-state index contributed by atoms with van der Waals surface area (Å²) in [7, 11) is 1.62. The number of nitrogens with two attached hydrogens (primary N) is 1. The van der Waals surface area contributed by atoms with Crippen molar-refractivity contribution in [2.45, 2.75) is 10.2 Å². The maximum atomic E-state index is 7.28. The van der Waals surface area contributed by atoms with Crippen molar-refractivity contribution in [3.05, 3.63) is 36.3 Å². The molecule has 0 unspecified atom stereocenters. The topological polar surface area (TPSA) is 114 Å². The number of nitrogens with one attached hydrogen (secondary N) is 2. The second-order valence-electron chi connectivity index (χ2n) is 4.18. The van der Waals surface area contributed by atoms with E-state index < -0.39 is 0 Å². The first kappa shape index (κ1) is 13.4. The van der Waals surface area contributed by atoms with E-state index in [2.05, 4.69) is 19.9 Å². The Balaban J connectivity index is 1.85. The Morgan fingerprint density at radius 1 is 1.33 bits per heavy atom. The van der Waals surface area contributed by atoms with Crippen LogP contribution in [0.2, 0.25) is 0 Å². The molecule has 21 heavy (non-hydrogen) atoms. The van der Waals surface area contributed by atoms with Crippen LogP contribution in [0.5, 0.6) is 5.75 Å². The lowest BCUT2D eigenvalue weighted by Gasteiger charge is -1.98. The molecule has 0 aliphatic rings. The molecule has 3 aromatic rings. The second kappa shape index (κ2) is 5.41. The van der Waals surface area contributed by atoms with Gasteiger partial charge < -0.3 is 15.5 Å². The van der Waals surface area contributed by atoms with Gasteiger partial charge in [-0.3, -0.25) is 5.41 Å². The Morgan fingerprint density at radius 2 is 2.19 bits per heavy atom. The Kier molecular flexibility index (Phi) is 3.44. The molecular weight excluding hydrogens is 288 g/mol. The molecule has 0 aliphatic heterocycles. The van der Waals surface area contributed by atoms with Gasteiger partial charge in [-0.2, -0.15) is 0 Å². The molecule has 0 atom stereocenters. The van der Waals surface area contributed by atoms with Crippen LogP contribution < -0.4 is 10.5 Å². The van der Waals surface area contributed by atoms with Gasteiger partial charge in [0.05, 0.1) is 30.5 Å². The molecule has 0 saturated carbocycles. The van der Waals surface area contributed by atoms with Crippen molar-refractivity contribution < 1.29 is 4.74 Å². The van der Waals surface area contributed by atoms with E-state index in [0.717, 1.165) is 16.8 Å². The van der Waals surface area contributed by atoms with E-state index in [9.17, 15) is 0 Å². The highest BCUT2D eigenvalue weighted by Gasteiger charge is 2.07. The van der Waals surface area contributed by atoms with Crippen LogP contribution in [-0.4, -0.2) is 32.9 Å². The zero-order valence-electron chi connectivity index (χ0n) is 11.1. The summed E-state index contributed by atoms with van der Waals surface area (Å²) < 4.78 is 5.18. The smallest absolute Gasteiger partial charge is 0.172 e. The fraction of sp³-hybridized carbons (Fsp3) is 0.0769. The molecule has 0 saturated heterocycles. The minimum atomic E-state index is -0.102. The number of imidazole rings is 1. The number of aromatic amines is 1. The molecule has 8 heteroatoms. The first-order valence-electron chi connectivity index (χ1n) is 6.04. The predicted octanol–water partition coefficient (Wildman–Crippen LogP) is 1.80. The molecule has 2 aromatic heterocycles. The molecule has 106 valence electrons. The van der Waals surface area contributed by atoms with Crippen LogP contribution in [0.4, 0.5) is 0 Å². The van der Waals surface area contributed by atoms with Crippen molar-refractivity contribution in [2.75, 3.05) is 7.11 Å². The average Bonchev–Trinajstić information content (AvgIpc) is 2.88. The zero-order valence-corrected chi connectivity index (χ0v) is 11.9. The number of nitrogens with zero attached hydrogens (tertiary/aromatic N) is 3. The molecular formula is C13H12N6OS. The predicted molar refractivity (Wildman–Crippen MR) is 79.8 cm³/mol. The average molecular weight is 300 g/mol. The number of nitrogen functional groups attached to an aromatic ring is 1. The van der Waals surface area contributed by atoms with Gasteiger partial charge in [0, 0.05) is 6.07 Å². The fourth-order valence-corrected chi connectivity index (χ4v) is 2.46. The number of benzene rings is 1. The maximum absolute atomic E-state index is 7.28. The molecule has 0 spiro atoms. The number of hydrogen-bond donors (Lipinski definition) is 3. The Bertz CT molecular complexity index is 798. The van der Waals surface area contributed by atoms with Gasteiger partial charge in [-0.1, -0.05) is 0 Å². The number of aromatic nitrogens is 4. The van der Waals surface area contributed by atoms with Crippen LogP contribution in [-0.2, 0) is 0 Å². The SMILES string of the molecule is COc1ccc2nc(Sc3cnc(C(=N)N)cn3)[nH]c2c1. The van der Waals surface area contributed by atoms with Crippen LogP contribution in [0.1, 0.15) is 5.69 Å². The Hall–Kier alpha value is -2.61. The van der Waals surface area contributed by atoms with Crippen LogP contribution in [0, 0.1) is 5.41 Å². The number of H-pyrrole nitrogens is 1. The van der Waals surface area contributed by atoms with Gasteiger partial charge >= 0.3 is 0 Å². The minimum Gasteiger partial charge on any atom is -0.497 e. The third-order valence-electron chi connectivity index (χ3n) is 2.77. The molecule has 1 aromatic carbocycles. The van der Waals surface area contributed by atoms with Crippen molar-refractivity contribution in [3.8, 4) is 5.75 Å². The number of rotatable bonds is 4. The first-order valence-corrected chi connectivity index (χ1v) is 6.85. The summed E-state index contributed by atoms with van der Waals surface area (Å²) in [5, 5.41) is 8.66. The molecule has 2 heterocycles. The second-order valence-corrected chi connectivity index (χ2v) is 5.19. The lowest BCUT2D eigenvalue weighted by Crippen LogP contribution is -2.13. The lowest BCUT2D eigenvalue weighted by molar-refractivity contribution is 0.415. The lowest BCUT2D eigenvalue weighted by atomic mass is 10.3. The van der Waals surface area contributed by atoms with Gasteiger partial charge in [-0.05, 0) is 23.9 Å². The number of methoxy groups -OCH3 is 1. The van der Waals surface area contributed by atoms with Gasteiger partial charge in [0.2, 0.25) is 0 Å². The molecule has 4 N–H and O–H groups in total. The van der Waals surface area contributed by atoms with E-state index in [1.807, 2.05) is 18.2 Å². The van der Waals surface area contributed by atoms with Gasteiger partial charge in [-0.25, -0.2) is 15.0 Å². The van der Waals surface area contributed by atoms with E-state index in [1.54, 1.807) is 13.3 Å². The summed E-state index contributed by atoms with van der Waals surface area (Å²) >= 11 is 1.35. The molecule has 3 rings (SSSR count). The highest BCUT2D eigenvalue weighted by molar-refractivity contribution is 7.99. The van der Waals surface area contributed by atoms with Crippen LogP contribution >= 0.6 is 11.8 Å². The monoisotopic (exact) mass is 300 g/mol. The summed E-state index contributed by atoms with van der Waals surface area (Å²) in [5.41, 5.74) is 7.44. The van der Waals surface area contributed by atoms with Gasteiger partial charge in [0.1, 0.15) is 22.3 Å². The highest BCUT2D eigenvalue weighted by atomic mass is 32.2. The van der Waals surface area contributed by atoms with Crippen molar-refractivity contribution in [3.63, 3.8) is 0 Å². The van der Waals surface area contributed by atoms with Gasteiger partial charge in [-0.15, -0.1) is 0 Å². The van der Waals surface area contributed by atoms with Crippen LogP contribution in [0.25, 0.3) is 11.0 Å². The summed E-state index contributed by atoms with van der Waals surface area (Å²) in [4.78, 5) is 15.9.